The van der Waals surface area contributed by atoms with Gasteiger partial charge in [-0.15, -0.1) is 0 Å². The maximum atomic E-state index is 13.7. The molecule has 0 aliphatic carbocycles. The van der Waals surface area contributed by atoms with Crippen molar-refractivity contribution in [2.24, 2.45) is 4.99 Å². The quantitative estimate of drug-likeness (QED) is 0.487. The number of anilines is 2. The minimum atomic E-state index is -0.110. The van der Waals surface area contributed by atoms with E-state index in [-0.39, 0.29) is 17.7 Å². The summed E-state index contributed by atoms with van der Waals surface area (Å²) in [5, 5.41) is 11.3. The van der Waals surface area contributed by atoms with Crippen LogP contribution in [0.2, 0.25) is 0 Å². The normalized spacial score (nSPS) is 20.2. The average Bonchev–Trinajstić information content (AvgIpc) is 3.31. The van der Waals surface area contributed by atoms with Gasteiger partial charge in [-0.05, 0) is 60.6 Å². The van der Waals surface area contributed by atoms with Crippen LogP contribution in [-0.2, 0) is 4.79 Å². The van der Waals surface area contributed by atoms with E-state index >= 15 is 0 Å². The summed E-state index contributed by atoms with van der Waals surface area (Å²) in [6.07, 6.45) is 0. The molecule has 1 amide bonds. The first-order valence-corrected chi connectivity index (χ1v) is 11.8. The van der Waals surface area contributed by atoms with Gasteiger partial charge in [-0.3, -0.25) is 14.7 Å². The van der Waals surface area contributed by atoms with Gasteiger partial charge < -0.3 is 10.0 Å². The third-order valence-electron chi connectivity index (χ3n) is 5.41. The molecule has 1 unspecified atom stereocenters. The van der Waals surface area contributed by atoms with Crippen molar-refractivity contribution in [3.63, 3.8) is 0 Å². The molecule has 1 atom stereocenters. The van der Waals surface area contributed by atoms with Crippen LogP contribution in [0, 0.1) is 0 Å². The van der Waals surface area contributed by atoms with E-state index in [0.717, 1.165) is 21.2 Å². The monoisotopic (exact) mass is 459 g/mol. The number of carbonyl (C=O) groups is 1. The number of hydrogen-bond acceptors (Lipinski definition) is 6. The second kappa shape index (κ2) is 8.41. The van der Waals surface area contributed by atoms with Crippen LogP contribution < -0.4 is 9.80 Å². The summed E-state index contributed by atoms with van der Waals surface area (Å²) in [5.41, 5.74) is 2.85. The maximum Gasteiger partial charge on any atom is 0.274 e. The Balaban J connectivity index is 1.58. The summed E-state index contributed by atoms with van der Waals surface area (Å²) in [5.74, 6) is 0.0474. The third-order valence-corrected chi connectivity index (χ3v) is 7.82. The van der Waals surface area contributed by atoms with Gasteiger partial charge in [0.1, 0.15) is 10.7 Å². The number of rotatable bonds is 3. The number of amidine groups is 1. The molecule has 0 radical (unpaired) electrons. The fourth-order valence-corrected chi connectivity index (χ4v) is 6.10. The van der Waals surface area contributed by atoms with Gasteiger partial charge in [-0.1, -0.05) is 54.2 Å². The van der Waals surface area contributed by atoms with Gasteiger partial charge in [0, 0.05) is 11.9 Å². The van der Waals surface area contributed by atoms with E-state index in [4.69, 9.17) is 4.99 Å². The first-order valence-electron chi connectivity index (χ1n) is 10.2. The predicted molar refractivity (Wildman–Crippen MR) is 133 cm³/mol. The van der Waals surface area contributed by atoms with E-state index in [0.29, 0.717) is 15.8 Å². The predicted octanol–water partition coefficient (Wildman–Crippen LogP) is 6.00. The van der Waals surface area contributed by atoms with Crippen molar-refractivity contribution in [1.82, 2.24) is 0 Å². The minimum absolute atomic E-state index is 0.109. The Kier molecular flexibility index (Phi) is 5.45. The number of para-hydroxylation sites is 1. The maximum absolute atomic E-state index is 13.7. The van der Waals surface area contributed by atoms with Gasteiger partial charge in [-0.25, -0.2) is 0 Å². The molecule has 160 valence electrons. The molecule has 1 N–H and O–H groups in total. The highest BCUT2D eigenvalue weighted by molar-refractivity contribution is 8.20. The Labute approximate surface area is 195 Å². The molecule has 0 bridgehead atoms. The molecule has 2 aliphatic rings. The first-order chi connectivity index (χ1) is 15.5. The van der Waals surface area contributed by atoms with E-state index in [9.17, 15) is 9.90 Å². The lowest BCUT2D eigenvalue weighted by Crippen LogP contribution is -2.29. The summed E-state index contributed by atoms with van der Waals surface area (Å²) < 4.78 is 0. The number of amides is 1. The number of benzene rings is 3. The number of phenolic OH excluding ortho intramolecular Hbond substituents is 1. The molecule has 0 spiro atoms. The number of nitrogens with zero attached hydrogens (tertiary/aromatic N) is 3. The van der Waals surface area contributed by atoms with Gasteiger partial charge in [0.2, 0.25) is 0 Å². The zero-order chi connectivity index (χ0) is 22.2. The largest absolute Gasteiger partial charge is 0.508 e. The highest BCUT2D eigenvalue weighted by atomic mass is 32.2. The summed E-state index contributed by atoms with van der Waals surface area (Å²) in [4.78, 5) is 24.1. The van der Waals surface area contributed by atoms with Gasteiger partial charge >= 0.3 is 0 Å². The Morgan fingerprint density at radius 3 is 2.31 bits per heavy atom. The molecule has 7 heteroatoms. The van der Waals surface area contributed by atoms with E-state index in [1.54, 1.807) is 40.9 Å². The summed E-state index contributed by atoms with van der Waals surface area (Å²) in [6, 6.07) is 24.7. The SMILES string of the molecule is CC(N=C1S/C(=C2\Sc3ccccc3N2C)C(=O)N1c1ccc(O)cc1)c1ccccc1. The zero-order valence-corrected chi connectivity index (χ0v) is 19.2. The summed E-state index contributed by atoms with van der Waals surface area (Å²) >= 11 is 3.01. The van der Waals surface area contributed by atoms with Crippen molar-refractivity contribution in [3.8, 4) is 5.75 Å². The summed E-state index contributed by atoms with van der Waals surface area (Å²) in [6.45, 7) is 2.03. The smallest absolute Gasteiger partial charge is 0.274 e. The molecular formula is C25H21N3O2S2. The van der Waals surface area contributed by atoms with Crippen LogP contribution in [-0.4, -0.2) is 23.2 Å². The van der Waals surface area contributed by atoms with Crippen molar-refractivity contribution in [2.45, 2.75) is 17.9 Å². The number of fused-ring (bicyclic) bond motifs is 1. The number of thioether (sulfide) groups is 2. The lowest BCUT2D eigenvalue weighted by Gasteiger charge is -2.18. The van der Waals surface area contributed by atoms with Crippen LogP contribution in [0.5, 0.6) is 5.75 Å². The Bertz CT molecular complexity index is 1240. The lowest BCUT2D eigenvalue weighted by molar-refractivity contribution is -0.113. The van der Waals surface area contributed by atoms with Gasteiger partial charge in [-0.2, -0.15) is 0 Å². The number of hydrogen-bond donors (Lipinski definition) is 1. The van der Waals surface area contributed by atoms with E-state index in [1.807, 2.05) is 56.4 Å². The molecule has 0 aromatic heterocycles. The van der Waals surface area contributed by atoms with Gasteiger partial charge in [0.15, 0.2) is 5.17 Å². The second-order valence-electron chi connectivity index (χ2n) is 7.52. The summed E-state index contributed by atoms with van der Waals surface area (Å²) in [7, 11) is 1.99. The molecule has 3 aromatic rings. The number of phenols is 1. The molecule has 5 rings (SSSR count). The average molecular weight is 460 g/mol. The molecule has 2 aliphatic heterocycles. The number of aliphatic imine (C=N–C) groups is 1. The molecular weight excluding hydrogens is 438 g/mol. The minimum Gasteiger partial charge on any atom is -0.508 e. The lowest BCUT2D eigenvalue weighted by atomic mass is 10.1. The standard InChI is InChI=1S/C25H21N3O2S2/c1-16(17-8-4-3-5-9-17)26-25-28(18-12-14-19(29)15-13-18)23(30)22(32-25)24-27(2)20-10-6-7-11-21(20)31-24/h3-16,29H,1-2H3/b24-22-,26-25?. The fourth-order valence-electron chi connectivity index (χ4n) is 3.69. The van der Waals surface area contributed by atoms with Crippen molar-refractivity contribution in [1.29, 1.82) is 0 Å². The highest BCUT2D eigenvalue weighted by Gasteiger charge is 2.40. The molecule has 0 saturated carbocycles. The second-order valence-corrected chi connectivity index (χ2v) is 9.53. The van der Waals surface area contributed by atoms with E-state index < -0.39 is 0 Å². The van der Waals surface area contributed by atoms with Crippen molar-refractivity contribution >= 4 is 46.0 Å². The van der Waals surface area contributed by atoms with Crippen molar-refractivity contribution < 1.29 is 9.90 Å². The van der Waals surface area contributed by atoms with Crippen LogP contribution >= 0.6 is 23.5 Å². The Hall–Kier alpha value is -3.16. The van der Waals surface area contributed by atoms with Crippen LogP contribution in [0.1, 0.15) is 18.5 Å². The fraction of sp³-hybridized carbons (Fsp3) is 0.120. The van der Waals surface area contributed by atoms with Crippen LogP contribution in [0.3, 0.4) is 0 Å². The van der Waals surface area contributed by atoms with Crippen LogP contribution in [0.25, 0.3) is 0 Å². The molecule has 3 aromatic carbocycles. The molecule has 1 saturated heterocycles. The van der Waals surface area contributed by atoms with Crippen molar-refractivity contribution in [2.75, 3.05) is 16.8 Å². The topological polar surface area (TPSA) is 56.1 Å². The van der Waals surface area contributed by atoms with Crippen LogP contribution in [0.4, 0.5) is 11.4 Å². The van der Waals surface area contributed by atoms with E-state index in [1.165, 1.54) is 11.8 Å². The molecule has 2 heterocycles. The molecule has 5 nitrogen and oxygen atoms in total. The van der Waals surface area contributed by atoms with E-state index in [2.05, 4.69) is 17.0 Å². The number of aromatic hydroxyl groups is 1. The Morgan fingerprint density at radius 2 is 1.59 bits per heavy atom. The first kappa shape index (κ1) is 20.7. The van der Waals surface area contributed by atoms with Gasteiger partial charge in [0.25, 0.3) is 5.91 Å². The van der Waals surface area contributed by atoms with Gasteiger partial charge in [0.05, 0.1) is 22.4 Å². The van der Waals surface area contributed by atoms with Crippen LogP contribution in [0.15, 0.2) is 98.7 Å². The molecule has 32 heavy (non-hydrogen) atoms. The molecule has 1 fully saturated rings. The third kappa shape index (κ3) is 3.67. The number of carbonyl (C=O) groups excluding carboxylic acids is 1. The highest BCUT2D eigenvalue weighted by Crippen LogP contribution is 2.50. The zero-order valence-electron chi connectivity index (χ0n) is 17.6. The van der Waals surface area contributed by atoms with Crippen molar-refractivity contribution in [3.05, 3.63) is 94.4 Å². The Morgan fingerprint density at radius 1 is 0.906 bits per heavy atom.